The number of rotatable bonds is 6. The largest absolute Gasteiger partial charge is 0.457 e. The number of carbonyl (C=O) groups excluding carboxylic acids is 2. The smallest absolute Gasteiger partial charge is 0.340 e. The molecule has 1 atom stereocenters. The van der Waals surface area contributed by atoms with Gasteiger partial charge in [-0.05, 0) is 55.5 Å². The van der Waals surface area contributed by atoms with Crippen molar-refractivity contribution in [2.24, 2.45) is 4.40 Å². The normalized spacial score (nSPS) is 17.2. The van der Waals surface area contributed by atoms with Gasteiger partial charge in [-0.25, -0.2) is 13.2 Å². The molecule has 9 nitrogen and oxygen atoms in total. The van der Waals surface area contributed by atoms with Gasteiger partial charge in [-0.1, -0.05) is 18.2 Å². The third-order valence-corrected chi connectivity index (χ3v) is 5.98. The summed E-state index contributed by atoms with van der Waals surface area (Å²) in [5, 5.41) is 2.69. The Morgan fingerprint density at radius 3 is 2.45 bits per heavy atom. The van der Waals surface area contributed by atoms with E-state index >= 15 is 0 Å². The fourth-order valence-corrected chi connectivity index (χ4v) is 4.05. The summed E-state index contributed by atoms with van der Waals surface area (Å²) in [6.45, 7) is 1.65. The summed E-state index contributed by atoms with van der Waals surface area (Å²) in [5.74, 6) is 0.216. The lowest BCUT2D eigenvalue weighted by molar-refractivity contribution is -0.149. The number of nitrogens with zero attached hydrogens (tertiary/aromatic N) is 2. The van der Waals surface area contributed by atoms with Crippen molar-refractivity contribution in [1.82, 2.24) is 4.90 Å². The van der Waals surface area contributed by atoms with Gasteiger partial charge >= 0.3 is 5.97 Å². The summed E-state index contributed by atoms with van der Waals surface area (Å²) in [7, 11) is -3.48. The van der Waals surface area contributed by atoms with Gasteiger partial charge in [0, 0.05) is 18.4 Å². The topological polar surface area (TPSA) is 114 Å². The summed E-state index contributed by atoms with van der Waals surface area (Å²) < 4.78 is 37.8. The van der Waals surface area contributed by atoms with E-state index in [2.05, 4.69) is 9.71 Å². The maximum absolute atomic E-state index is 12.5. The SMILES string of the molecule is C[C@H](OC(=O)C1=CN2CCS(=O)(=O)N=C2C=C1)C(=O)Nc1ccc(Oc2ccccc2)cc1. The van der Waals surface area contributed by atoms with Gasteiger partial charge in [-0.3, -0.25) is 4.79 Å². The predicted octanol–water partition coefficient (Wildman–Crippen LogP) is 2.85. The zero-order valence-electron chi connectivity index (χ0n) is 17.7. The van der Waals surface area contributed by atoms with Crippen LogP contribution in [0.5, 0.6) is 11.5 Å². The van der Waals surface area contributed by atoms with Crippen LogP contribution in [0.4, 0.5) is 5.69 Å². The Balaban J connectivity index is 1.32. The number of ether oxygens (including phenoxy) is 2. The molecular formula is C23H21N3O6S. The van der Waals surface area contributed by atoms with Crippen molar-refractivity contribution in [2.75, 3.05) is 17.6 Å². The van der Waals surface area contributed by atoms with Crippen LogP contribution in [0.3, 0.4) is 0 Å². The maximum atomic E-state index is 12.5. The fourth-order valence-electron chi connectivity index (χ4n) is 3.08. The predicted molar refractivity (Wildman–Crippen MR) is 122 cm³/mol. The minimum atomic E-state index is -3.48. The van der Waals surface area contributed by atoms with E-state index in [1.54, 1.807) is 29.2 Å². The molecule has 0 unspecified atom stereocenters. The van der Waals surface area contributed by atoms with Crippen molar-refractivity contribution in [1.29, 1.82) is 0 Å². The first-order valence-electron chi connectivity index (χ1n) is 10.1. The van der Waals surface area contributed by atoms with Gasteiger partial charge in [-0.15, -0.1) is 4.40 Å². The Morgan fingerprint density at radius 2 is 1.73 bits per heavy atom. The van der Waals surface area contributed by atoms with E-state index in [-0.39, 0.29) is 23.7 Å². The van der Waals surface area contributed by atoms with Crippen LogP contribution in [0.2, 0.25) is 0 Å². The zero-order valence-corrected chi connectivity index (χ0v) is 18.5. The Kier molecular flexibility index (Phi) is 6.27. The van der Waals surface area contributed by atoms with Crippen LogP contribution < -0.4 is 10.1 Å². The number of carbonyl (C=O) groups is 2. The lowest BCUT2D eigenvalue weighted by Crippen LogP contribution is -2.37. The number of hydrogen-bond acceptors (Lipinski definition) is 7. The lowest BCUT2D eigenvalue weighted by atomic mass is 10.2. The average molecular weight is 468 g/mol. The molecule has 0 aliphatic carbocycles. The highest BCUT2D eigenvalue weighted by atomic mass is 32.2. The van der Waals surface area contributed by atoms with Crippen LogP contribution in [-0.2, 0) is 24.3 Å². The lowest BCUT2D eigenvalue weighted by Gasteiger charge is -2.27. The van der Waals surface area contributed by atoms with Crippen molar-refractivity contribution in [2.45, 2.75) is 13.0 Å². The first-order chi connectivity index (χ1) is 15.8. The van der Waals surface area contributed by atoms with Crippen LogP contribution in [0, 0.1) is 0 Å². The van der Waals surface area contributed by atoms with E-state index in [1.807, 2.05) is 30.3 Å². The second kappa shape index (κ2) is 9.29. The van der Waals surface area contributed by atoms with Crippen molar-refractivity contribution in [3.05, 3.63) is 78.5 Å². The molecule has 2 heterocycles. The van der Waals surface area contributed by atoms with Gasteiger partial charge in [-0.2, -0.15) is 0 Å². The Labute approximate surface area is 191 Å². The molecule has 2 aromatic rings. The second-order valence-corrected chi connectivity index (χ2v) is 9.08. The molecule has 0 saturated heterocycles. The van der Waals surface area contributed by atoms with Gasteiger partial charge in [0.1, 0.15) is 17.3 Å². The van der Waals surface area contributed by atoms with E-state index in [0.717, 1.165) is 0 Å². The van der Waals surface area contributed by atoms with Crippen molar-refractivity contribution in [3.8, 4) is 11.5 Å². The summed E-state index contributed by atoms with van der Waals surface area (Å²) in [5.41, 5.74) is 0.714. The highest BCUT2D eigenvalue weighted by Gasteiger charge is 2.27. The van der Waals surface area contributed by atoms with Crippen molar-refractivity contribution in [3.63, 3.8) is 0 Å². The summed E-state index contributed by atoms with van der Waals surface area (Å²) in [4.78, 5) is 26.5. The van der Waals surface area contributed by atoms with Crippen LogP contribution in [0.1, 0.15) is 6.92 Å². The number of sulfonamides is 1. The highest BCUT2D eigenvalue weighted by Crippen LogP contribution is 2.23. The number of amides is 1. The summed E-state index contributed by atoms with van der Waals surface area (Å²) in [6.07, 6.45) is 3.25. The maximum Gasteiger partial charge on any atom is 0.340 e. The number of hydrogen-bond donors (Lipinski definition) is 1. The van der Waals surface area contributed by atoms with Crippen molar-refractivity contribution >= 4 is 33.4 Å². The molecule has 0 saturated carbocycles. The van der Waals surface area contributed by atoms with E-state index in [1.165, 1.54) is 25.3 Å². The number of nitrogens with one attached hydrogen (secondary N) is 1. The molecule has 0 spiro atoms. The molecule has 4 rings (SSSR count). The van der Waals surface area contributed by atoms with Crippen LogP contribution in [-0.4, -0.2) is 49.4 Å². The van der Waals surface area contributed by atoms with E-state index in [4.69, 9.17) is 9.47 Å². The molecule has 2 aliphatic rings. The van der Waals surface area contributed by atoms with Gasteiger partial charge in [0.2, 0.25) is 0 Å². The number of amidine groups is 1. The molecule has 1 N–H and O–H groups in total. The highest BCUT2D eigenvalue weighted by molar-refractivity contribution is 7.90. The van der Waals surface area contributed by atoms with Gasteiger partial charge in [0.15, 0.2) is 6.10 Å². The molecule has 2 aliphatic heterocycles. The molecule has 2 aromatic carbocycles. The molecule has 170 valence electrons. The number of para-hydroxylation sites is 1. The van der Waals surface area contributed by atoms with Crippen molar-refractivity contribution < 1.29 is 27.5 Å². The number of anilines is 1. The Hall–Kier alpha value is -3.92. The molecule has 10 heteroatoms. The zero-order chi connectivity index (χ0) is 23.4. The monoisotopic (exact) mass is 467 g/mol. The number of esters is 1. The van der Waals surface area contributed by atoms with Gasteiger partial charge in [0.05, 0.1) is 11.3 Å². The molecule has 0 fully saturated rings. The van der Waals surface area contributed by atoms with E-state index in [9.17, 15) is 18.0 Å². The van der Waals surface area contributed by atoms with E-state index in [0.29, 0.717) is 17.2 Å². The van der Waals surface area contributed by atoms with Gasteiger partial charge in [0.25, 0.3) is 15.9 Å². The Morgan fingerprint density at radius 1 is 1.03 bits per heavy atom. The second-order valence-electron chi connectivity index (χ2n) is 7.32. The average Bonchev–Trinajstić information content (AvgIpc) is 2.80. The summed E-state index contributed by atoms with van der Waals surface area (Å²) >= 11 is 0. The third-order valence-electron chi connectivity index (χ3n) is 4.81. The first kappa shape index (κ1) is 22.3. The summed E-state index contributed by atoms with van der Waals surface area (Å²) in [6, 6.07) is 16.1. The quantitative estimate of drug-likeness (QED) is 0.650. The molecular weight excluding hydrogens is 446 g/mol. The third kappa shape index (κ3) is 5.66. The first-order valence-corrected chi connectivity index (χ1v) is 11.7. The molecule has 1 amide bonds. The van der Waals surface area contributed by atoms with Crippen LogP contribution >= 0.6 is 0 Å². The molecule has 33 heavy (non-hydrogen) atoms. The fraction of sp³-hybridized carbons (Fsp3) is 0.174. The van der Waals surface area contributed by atoms with E-state index < -0.39 is 28.0 Å². The standard InChI is InChI=1S/C23H21N3O6S/c1-16(31-23(28)17-7-12-21-25-33(29,30)14-13-26(21)15-17)22(27)24-18-8-10-20(11-9-18)32-19-5-3-2-4-6-19/h2-12,15-16H,13-14H2,1H3,(H,24,27)/t16-/m0/s1. The van der Waals surface area contributed by atoms with Crippen LogP contribution in [0.25, 0.3) is 0 Å². The molecule has 0 bridgehead atoms. The minimum absolute atomic E-state index is 0.142. The van der Waals surface area contributed by atoms with Gasteiger partial charge < -0.3 is 19.7 Å². The van der Waals surface area contributed by atoms with Crippen LogP contribution in [0.15, 0.2) is 82.9 Å². The number of benzene rings is 2. The Bertz CT molecular complexity index is 1250. The minimum Gasteiger partial charge on any atom is -0.457 e. The molecule has 0 aromatic heterocycles. The molecule has 0 radical (unpaired) electrons. The number of fused-ring (bicyclic) bond motifs is 1.